The Hall–Kier alpha value is -3.40. The van der Waals surface area contributed by atoms with Crippen LogP contribution in [-0.4, -0.2) is 18.5 Å². The zero-order chi connectivity index (χ0) is 20.5. The smallest absolute Gasteiger partial charge is 0.313 e. The topological polar surface area (TPSA) is 55.4 Å². The molecule has 3 aromatic carbocycles. The number of nitrogens with one attached hydrogen (secondary N) is 1. The molecular weight excluding hydrogens is 362 g/mol. The lowest BCUT2D eigenvalue weighted by molar-refractivity contribution is -0.150. The minimum atomic E-state index is -0.384. The van der Waals surface area contributed by atoms with Gasteiger partial charge in [-0.25, -0.2) is 0 Å². The molecule has 3 rings (SSSR count). The highest BCUT2D eigenvalue weighted by Crippen LogP contribution is 2.22. The molecule has 0 spiro atoms. The van der Waals surface area contributed by atoms with E-state index in [9.17, 15) is 9.59 Å². The molecule has 4 nitrogen and oxygen atoms in total. The van der Waals surface area contributed by atoms with Crippen LogP contribution in [0.1, 0.15) is 42.0 Å². The van der Waals surface area contributed by atoms with E-state index < -0.39 is 0 Å². The first-order valence-electron chi connectivity index (χ1n) is 9.80. The van der Waals surface area contributed by atoms with E-state index in [1.807, 2.05) is 97.9 Å². The Kier molecular flexibility index (Phi) is 7.17. The Bertz CT molecular complexity index is 871. The number of rotatable bonds is 8. The first kappa shape index (κ1) is 20.3. The summed E-state index contributed by atoms with van der Waals surface area (Å²) in [6, 6.07) is 28.6. The number of ether oxygens (including phenoxy) is 1. The summed E-state index contributed by atoms with van der Waals surface area (Å²) in [5.74, 6) is -1.09. The summed E-state index contributed by atoms with van der Waals surface area (Å²) < 4.78 is 5.33. The van der Waals surface area contributed by atoms with Crippen LogP contribution in [0.3, 0.4) is 0 Å². The number of esters is 1. The summed E-state index contributed by atoms with van der Waals surface area (Å²) >= 11 is 0. The van der Waals surface area contributed by atoms with Crippen molar-refractivity contribution in [3.8, 4) is 0 Å². The van der Waals surface area contributed by atoms with Gasteiger partial charge in [0.15, 0.2) is 6.61 Å². The zero-order valence-electron chi connectivity index (χ0n) is 16.5. The van der Waals surface area contributed by atoms with Crippen molar-refractivity contribution in [1.82, 2.24) is 5.32 Å². The van der Waals surface area contributed by atoms with Crippen LogP contribution in [0.5, 0.6) is 0 Å². The van der Waals surface area contributed by atoms with Gasteiger partial charge in [-0.15, -0.1) is 0 Å². The van der Waals surface area contributed by atoms with Gasteiger partial charge < -0.3 is 10.1 Å². The molecule has 0 aliphatic carbocycles. The molecular formula is C25H25NO3. The zero-order valence-corrected chi connectivity index (χ0v) is 16.5. The minimum Gasteiger partial charge on any atom is -0.455 e. The number of hydrogen-bond donors (Lipinski definition) is 1. The summed E-state index contributed by atoms with van der Waals surface area (Å²) in [5.41, 5.74) is 2.83. The SMILES string of the molecule is CC[C@@H](C(=O)OCC(=O)NC(c1ccccc1)c1ccccc1)c1ccccc1. The quantitative estimate of drug-likeness (QED) is 0.574. The van der Waals surface area contributed by atoms with Gasteiger partial charge in [0.2, 0.25) is 0 Å². The Labute approximate surface area is 171 Å². The Balaban J connectivity index is 1.65. The van der Waals surface area contributed by atoms with Crippen LogP contribution in [-0.2, 0) is 14.3 Å². The highest BCUT2D eigenvalue weighted by Gasteiger charge is 2.22. The van der Waals surface area contributed by atoms with Crippen LogP contribution in [0, 0.1) is 0 Å². The number of carbonyl (C=O) groups excluding carboxylic acids is 2. The van der Waals surface area contributed by atoms with Crippen LogP contribution < -0.4 is 5.32 Å². The molecule has 0 heterocycles. The van der Waals surface area contributed by atoms with E-state index in [-0.39, 0.29) is 30.4 Å². The molecule has 0 saturated carbocycles. The van der Waals surface area contributed by atoms with Crippen molar-refractivity contribution < 1.29 is 14.3 Å². The first-order chi connectivity index (χ1) is 14.2. The third-order valence-electron chi connectivity index (χ3n) is 4.81. The van der Waals surface area contributed by atoms with Gasteiger partial charge in [-0.05, 0) is 23.1 Å². The molecule has 0 radical (unpaired) electrons. The summed E-state index contributed by atoms with van der Waals surface area (Å²) in [4.78, 5) is 25.1. The molecule has 3 aromatic rings. The van der Waals surface area contributed by atoms with E-state index in [4.69, 9.17) is 4.74 Å². The number of amides is 1. The number of hydrogen-bond acceptors (Lipinski definition) is 3. The maximum Gasteiger partial charge on any atom is 0.313 e. The van der Waals surface area contributed by atoms with Gasteiger partial charge in [0, 0.05) is 0 Å². The molecule has 0 saturated heterocycles. The van der Waals surface area contributed by atoms with Crippen molar-refractivity contribution in [3.63, 3.8) is 0 Å². The molecule has 0 unspecified atom stereocenters. The Morgan fingerprint density at radius 2 is 1.21 bits per heavy atom. The third kappa shape index (κ3) is 5.55. The third-order valence-corrected chi connectivity index (χ3v) is 4.81. The fourth-order valence-electron chi connectivity index (χ4n) is 3.31. The van der Waals surface area contributed by atoms with Gasteiger partial charge in [0.05, 0.1) is 12.0 Å². The van der Waals surface area contributed by atoms with E-state index in [0.29, 0.717) is 6.42 Å². The fraction of sp³-hybridized carbons (Fsp3) is 0.200. The normalized spacial score (nSPS) is 11.7. The van der Waals surface area contributed by atoms with Crippen molar-refractivity contribution in [2.24, 2.45) is 0 Å². The van der Waals surface area contributed by atoms with Gasteiger partial charge in [-0.2, -0.15) is 0 Å². The molecule has 0 fully saturated rings. The van der Waals surface area contributed by atoms with Crippen LogP contribution in [0.25, 0.3) is 0 Å². The second-order valence-corrected chi connectivity index (χ2v) is 6.80. The van der Waals surface area contributed by atoms with Crippen molar-refractivity contribution in [3.05, 3.63) is 108 Å². The van der Waals surface area contributed by atoms with Crippen molar-refractivity contribution in [2.75, 3.05) is 6.61 Å². The maximum atomic E-state index is 12.6. The lowest BCUT2D eigenvalue weighted by Crippen LogP contribution is -2.33. The Morgan fingerprint density at radius 3 is 1.66 bits per heavy atom. The van der Waals surface area contributed by atoms with Gasteiger partial charge in [-0.3, -0.25) is 9.59 Å². The lowest BCUT2D eigenvalue weighted by atomic mass is 9.97. The van der Waals surface area contributed by atoms with Crippen molar-refractivity contribution in [2.45, 2.75) is 25.3 Å². The molecule has 0 aromatic heterocycles. The predicted molar refractivity (Wildman–Crippen MR) is 113 cm³/mol. The van der Waals surface area contributed by atoms with Gasteiger partial charge in [0.1, 0.15) is 0 Å². The summed E-state index contributed by atoms with van der Waals surface area (Å²) in [6.07, 6.45) is 0.612. The molecule has 1 amide bonds. The van der Waals surface area contributed by atoms with Crippen LogP contribution >= 0.6 is 0 Å². The first-order valence-corrected chi connectivity index (χ1v) is 9.80. The van der Waals surface area contributed by atoms with Gasteiger partial charge >= 0.3 is 5.97 Å². The van der Waals surface area contributed by atoms with E-state index >= 15 is 0 Å². The predicted octanol–water partition coefficient (Wildman–Crippen LogP) is 4.63. The summed E-state index contributed by atoms with van der Waals surface area (Å²) in [5, 5.41) is 2.99. The van der Waals surface area contributed by atoms with Crippen LogP contribution in [0.2, 0.25) is 0 Å². The van der Waals surface area contributed by atoms with Crippen LogP contribution in [0.4, 0.5) is 0 Å². The number of benzene rings is 3. The van der Waals surface area contributed by atoms with E-state index in [2.05, 4.69) is 5.32 Å². The van der Waals surface area contributed by atoms with E-state index in [1.54, 1.807) is 0 Å². The average molecular weight is 387 g/mol. The fourth-order valence-corrected chi connectivity index (χ4v) is 3.31. The van der Waals surface area contributed by atoms with Crippen LogP contribution in [0.15, 0.2) is 91.0 Å². The van der Waals surface area contributed by atoms with Gasteiger partial charge in [0.25, 0.3) is 5.91 Å². The molecule has 0 bridgehead atoms. The van der Waals surface area contributed by atoms with Gasteiger partial charge in [-0.1, -0.05) is 97.9 Å². The summed E-state index contributed by atoms with van der Waals surface area (Å²) in [6.45, 7) is 1.62. The second-order valence-electron chi connectivity index (χ2n) is 6.80. The molecule has 4 heteroatoms. The standard InChI is InChI=1S/C25H25NO3/c1-2-22(19-12-6-3-7-13-19)25(28)29-18-23(27)26-24(20-14-8-4-9-15-20)21-16-10-5-11-17-21/h3-17,22,24H,2,18H2,1H3,(H,26,27)/t22-/m1/s1. The molecule has 0 aliphatic rings. The summed E-state index contributed by atoms with van der Waals surface area (Å²) in [7, 11) is 0. The molecule has 1 N–H and O–H groups in total. The van der Waals surface area contributed by atoms with E-state index in [1.165, 1.54) is 0 Å². The maximum absolute atomic E-state index is 12.6. The second kappa shape index (κ2) is 10.2. The molecule has 29 heavy (non-hydrogen) atoms. The van der Waals surface area contributed by atoms with Crippen molar-refractivity contribution in [1.29, 1.82) is 0 Å². The van der Waals surface area contributed by atoms with E-state index in [0.717, 1.165) is 16.7 Å². The molecule has 0 aliphatic heterocycles. The number of carbonyl (C=O) groups is 2. The monoisotopic (exact) mass is 387 g/mol. The highest BCUT2D eigenvalue weighted by atomic mass is 16.5. The highest BCUT2D eigenvalue weighted by molar-refractivity contribution is 5.83. The molecule has 148 valence electrons. The largest absolute Gasteiger partial charge is 0.455 e. The minimum absolute atomic E-state index is 0.306. The molecule has 1 atom stereocenters. The lowest BCUT2D eigenvalue weighted by Gasteiger charge is -2.20. The average Bonchev–Trinajstić information content (AvgIpc) is 2.78. The Morgan fingerprint density at radius 1 is 0.759 bits per heavy atom. The van der Waals surface area contributed by atoms with Crippen molar-refractivity contribution >= 4 is 11.9 Å².